The molecule has 0 aliphatic heterocycles. The molecule has 0 aliphatic rings. The zero-order chi connectivity index (χ0) is 13.0. The largest absolute Gasteiger partial charge is 0.399 e. The molecule has 3 N–H and O–H groups in total. The lowest BCUT2D eigenvalue weighted by Crippen LogP contribution is -2.05. The third-order valence-corrected chi connectivity index (χ3v) is 3.04. The summed E-state index contributed by atoms with van der Waals surface area (Å²) in [5.74, 6) is -0.347. The highest BCUT2D eigenvalue weighted by atomic mass is 32.2. The Morgan fingerprint density at radius 3 is 2.28 bits per heavy atom. The van der Waals surface area contributed by atoms with E-state index < -0.39 is 11.1 Å². The average Bonchev–Trinajstić information content (AvgIpc) is 2.38. The maximum atomic E-state index is 12.6. The van der Waals surface area contributed by atoms with Gasteiger partial charge in [0.15, 0.2) is 0 Å². The lowest BCUT2D eigenvalue weighted by molar-refractivity contribution is 0.436. The Hall–Kier alpha value is -1.92. The van der Waals surface area contributed by atoms with Gasteiger partial charge in [0, 0.05) is 5.69 Å². The van der Waals surface area contributed by atoms with E-state index in [1.165, 1.54) is 24.3 Å². The molecule has 0 fully saturated rings. The quantitative estimate of drug-likeness (QED) is 0.659. The highest BCUT2D eigenvalue weighted by Crippen LogP contribution is 2.13. The number of hydrogen-bond acceptors (Lipinski definition) is 4. The number of nitrogens with one attached hydrogen (secondary N) is 1. The first-order valence-corrected chi connectivity index (χ1v) is 6.19. The SMILES string of the molecule is Nc1ccc(S(=O)ONc2ccc(F)cc2)cc1. The molecule has 0 aromatic heterocycles. The molecule has 0 amide bonds. The number of anilines is 2. The van der Waals surface area contributed by atoms with Crippen LogP contribution in [0, 0.1) is 5.82 Å². The Bertz CT molecular complexity index is 543. The molecule has 0 bridgehead atoms. The van der Waals surface area contributed by atoms with Gasteiger partial charge in [-0.05, 0) is 48.5 Å². The molecule has 1 unspecified atom stereocenters. The van der Waals surface area contributed by atoms with Crippen molar-refractivity contribution in [2.45, 2.75) is 4.90 Å². The molecule has 6 heteroatoms. The van der Waals surface area contributed by atoms with Crippen molar-refractivity contribution in [2.75, 3.05) is 11.2 Å². The van der Waals surface area contributed by atoms with Gasteiger partial charge in [-0.15, -0.1) is 0 Å². The fraction of sp³-hybridized carbons (Fsp3) is 0. The van der Waals surface area contributed by atoms with Crippen LogP contribution in [0.4, 0.5) is 15.8 Å². The highest BCUT2D eigenvalue weighted by Gasteiger charge is 2.04. The van der Waals surface area contributed by atoms with Crippen LogP contribution in [0.15, 0.2) is 53.4 Å². The summed E-state index contributed by atoms with van der Waals surface area (Å²) < 4.78 is 29.3. The normalized spacial score (nSPS) is 12.1. The number of hydrogen-bond donors (Lipinski definition) is 2. The number of benzene rings is 2. The molecule has 2 aromatic carbocycles. The second-order valence-corrected chi connectivity index (χ2v) is 4.60. The smallest absolute Gasteiger partial charge is 0.212 e. The molecule has 18 heavy (non-hydrogen) atoms. The van der Waals surface area contributed by atoms with Gasteiger partial charge in [0.1, 0.15) is 5.82 Å². The first-order chi connectivity index (χ1) is 8.65. The third-order valence-electron chi connectivity index (χ3n) is 2.15. The van der Waals surface area contributed by atoms with Crippen LogP contribution >= 0.6 is 0 Å². The number of nitrogen functional groups attached to an aromatic ring is 1. The van der Waals surface area contributed by atoms with Crippen LogP contribution in [-0.4, -0.2) is 4.21 Å². The molecule has 4 nitrogen and oxygen atoms in total. The molecule has 2 aromatic rings. The van der Waals surface area contributed by atoms with Gasteiger partial charge >= 0.3 is 0 Å². The number of rotatable bonds is 4. The van der Waals surface area contributed by atoms with E-state index in [2.05, 4.69) is 5.48 Å². The van der Waals surface area contributed by atoms with Crippen molar-refractivity contribution in [1.29, 1.82) is 0 Å². The monoisotopic (exact) mass is 266 g/mol. The van der Waals surface area contributed by atoms with Crippen LogP contribution in [0.3, 0.4) is 0 Å². The van der Waals surface area contributed by atoms with E-state index in [1.54, 1.807) is 24.3 Å². The Labute approximate surface area is 106 Å². The van der Waals surface area contributed by atoms with Gasteiger partial charge in [0.05, 0.1) is 10.6 Å². The predicted molar refractivity (Wildman–Crippen MR) is 68.4 cm³/mol. The van der Waals surface area contributed by atoms with Gasteiger partial charge in [-0.1, -0.05) is 0 Å². The first-order valence-electron chi connectivity index (χ1n) is 5.11. The van der Waals surface area contributed by atoms with E-state index in [1.807, 2.05) is 0 Å². The minimum atomic E-state index is -1.66. The van der Waals surface area contributed by atoms with Crippen molar-refractivity contribution < 1.29 is 12.9 Å². The van der Waals surface area contributed by atoms with Gasteiger partial charge in [0.25, 0.3) is 0 Å². The lowest BCUT2D eigenvalue weighted by atomic mass is 10.3. The summed E-state index contributed by atoms with van der Waals surface area (Å²) in [7, 11) is 0. The van der Waals surface area contributed by atoms with E-state index in [-0.39, 0.29) is 5.82 Å². The van der Waals surface area contributed by atoms with Gasteiger partial charge < -0.3 is 5.73 Å². The van der Waals surface area contributed by atoms with E-state index in [0.29, 0.717) is 16.3 Å². The molecule has 2 rings (SSSR count). The van der Waals surface area contributed by atoms with E-state index in [9.17, 15) is 8.60 Å². The van der Waals surface area contributed by atoms with Crippen molar-refractivity contribution in [3.8, 4) is 0 Å². The zero-order valence-corrected chi connectivity index (χ0v) is 10.1. The minimum absolute atomic E-state index is 0.347. The topological polar surface area (TPSA) is 64.4 Å². The molecule has 0 heterocycles. The van der Waals surface area contributed by atoms with Crippen LogP contribution in [0.1, 0.15) is 0 Å². The van der Waals surface area contributed by atoms with Crippen LogP contribution in [0.2, 0.25) is 0 Å². The van der Waals surface area contributed by atoms with Gasteiger partial charge in [-0.3, -0.25) is 5.48 Å². The fourth-order valence-electron chi connectivity index (χ4n) is 1.23. The summed E-state index contributed by atoms with van der Waals surface area (Å²) >= 11 is -1.66. The van der Waals surface area contributed by atoms with E-state index >= 15 is 0 Å². The van der Waals surface area contributed by atoms with E-state index in [4.69, 9.17) is 10.0 Å². The molecule has 0 saturated heterocycles. The first kappa shape index (κ1) is 12.5. The van der Waals surface area contributed by atoms with Gasteiger partial charge in [0.2, 0.25) is 11.1 Å². The summed E-state index contributed by atoms with van der Waals surface area (Å²) in [5.41, 5.74) is 9.10. The zero-order valence-electron chi connectivity index (χ0n) is 9.30. The van der Waals surface area contributed by atoms with Gasteiger partial charge in [-0.2, -0.15) is 4.28 Å². The van der Waals surface area contributed by atoms with Crippen LogP contribution < -0.4 is 11.2 Å². The number of nitrogens with two attached hydrogens (primary N) is 1. The van der Waals surface area contributed by atoms with Crippen molar-refractivity contribution >= 4 is 22.5 Å². The van der Waals surface area contributed by atoms with Crippen LogP contribution in [-0.2, 0) is 15.4 Å². The molecular formula is C12H11FN2O2S. The summed E-state index contributed by atoms with van der Waals surface area (Å²) in [5, 5.41) is 0. The van der Waals surface area contributed by atoms with E-state index in [0.717, 1.165) is 0 Å². The van der Waals surface area contributed by atoms with Crippen LogP contribution in [0.5, 0.6) is 0 Å². The Balaban J connectivity index is 1.96. The summed E-state index contributed by atoms with van der Waals surface area (Å²) in [6.07, 6.45) is 0. The maximum absolute atomic E-state index is 12.6. The standard InChI is InChI=1S/C12H11FN2O2S/c13-9-1-5-11(6-2-9)15-17-18(16)12-7-3-10(14)4-8-12/h1-8,15H,14H2. The predicted octanol–water partition coefficient (Wildman–Crippen LogP) is 2.47. The lowest BCUT2D eigenvalue weighted by Gasteiger charge is -2.05. The number of halogens is 1. The van der Waals surface area contributed by atoms with Crippen molar-refractivity contribution in [3.05, 3.63) is 54.3 Å². The Morgan fingerprint density at radius 1 is 1.06 bits per heavy atom. The summed E-state index contributed by atoms with van der Waals surface area (Å²) in [6.45, 7) is 0. The second-order valence-electron chi connectivity index (χ2n) is 3.50. The van der Waals surface area contributed by atoms with Gasteiger partial charge in [-0.25, -0.2) is 8.60 Å². The Kier molecular flexibility index (Phi) is 3.91. The summed E-state index contributed by atoms with van der Waals surface area (Å²) in [6, 6.07) is 12.0. The Morgan fingerprint density at radius 2 is 1.67 bits per heavy atom. The minimum Gasteiger partial charge on any atom is -0.399 e. The van der Waals surface area contributed by atoms with Crippen molar-refractivity contribution in [1.82, 2.24) is 0 Å². The van der Waals surface area contributed by atoms with Crippen molar-refractivity contribution in [3.63, 3.8) is 0 Å². The molecule has 1 atom stereocenters. The third kappa shape index (κ3) is 3.28. The maximum Gasteiger partial charge on any atom is 0.212 e. The fourth-order valence-corrected chi connectivity index (χ4v) is 1.86. The molecule has 94 valence electrons. The highest BCUT2D eigenvalue weighted by molar-refractivity contribution is 7.80. The molecular weight excluding hydrogens is 255 g/mol. The molecule has 0 radical (unpaired) electrons. The molecule has 0 spiro atoms. The summed E-state index contributed by atoms with van der Waals surface area (Å²) in [4.78, 5) is 0.485. The molecule has 0 aliphatic carbocycles. The van der Waals surface area contributed by atoms with Crippen LogP contribution in [0.25, 0.3) is 0 Å². The average molecular weight is 266 g/mol. The van der Waals surface area contributed by atoms with Crippen molar-refractivity contribution in [2.24, 2.45) is 0 Å². The second kappa shape index (κ2) is 5.61. The molecule has 0 saturated carbocycles.